The molecule has 1 heterocycles. The van der Waals surface area contributed by atoms with Gasteiger partial charge in [-0.1, -0.05) is 25.4 Å². The summed E-state index contributed by atoms with van der Waals surface area (Å²) in [5.41, 5.74) is 0.385. The minimum atomic E-state index is -0.422. The summed E-state index contributed by atoms with van der Waals surface area (Å²) in [6.07, 6.45) is 2.12. The number of piperidine rings is 1. The molecule has 0 aromatic heterocycles. The van der Waals surface area contributed by atoms with E-state index in [1.54, 1.807) is 0 Å². The smallest absolute Gasteiger partial charge is 0.255 e. The van der Waals surface area contributed by atoms with Crippen molar-refractivity contribution in [3.05, 3.63) is 34.6 Å². The van der Waals surface area contributed by atoms with E-state index in [2.05, 4.69) is 19.2 Å². The quantitative estimate of drug-likeness (QED) is 0.925. The molecule has 1 aliphatic rings. The second-order valence-corrected chi connectivity index (χ2v) is 6.35. The number of benzene rings is 1. The molecule has 1 unspecified atom stereocenters. The first-order chi connectivity index (χ1) is 9.97. The zero-order valence-electron chi connectivity index (χ0n) is 12.5. The lowest BCUT2D eigenvalue weighted by Gasteiger charge is -2.33. The number of nitrogens with zero attached hydrogens (tertiary/aromatic N) is 1. The number of hydrogen-bond acceptors (Lipinski definition) is 2. The zero-order valence-corrected chi connectivity index (χ0v) is 13.3. The van der Waals surface area contributed by atoms with Crippen LogP contribution in [-0.2, 0) is 0 Å². The molecule has 0 spiro atoms. The standard InChI is InChI=1S/C16H22ClFN2O/c1-11(2)19-9-12-4-3-7-20(10-12)16(21)14-6-5-13(18)8-15(14)17/h5-6,8,11-12,19H,3-4,7,9-10H2,1-2H3. The summed E-state index contributed by atoms with van der Waals surface area (Å²) in [5.74, 6) is -0.0622. The second-order valence-electron chi connectivity index (χ2n) is 5.95. The second kappa shape index (κ2) is 7.23. The van der Waals surface area contributed by atoms with E-state index in [4.69, 9.17) is 11.6 Å². The minimum absolute atomic E-state index is 0.103. The monoisotopic (exact) mass is 312 g/mol. The molecular weight excluding hydrogens is 291 g/mol. The highest BCUT2D eigenvalue weighted by atomic mass is 35.5. The number of carbonyl (C=O) groups is 1. The van der Waals surface area contributed by atoms with Crippen molar-refractivity contribution in [2.75, 3.05) is 19.6 Å². The van der Waals surface area contributed by atoms with E-state index < -0.39 is 5.82 Å². The Morgan fingerprint density at radius 1 is 1.52 bits per heavy atom. The Morgan fingerprint density at radius 3 is 2.95 bits per heavy atom. The first kappa shape index (κ1) is 16.2. The molecule has 3 nitrogen and oxygen atoms in total. The highest BCUT2D eigenvalue weighted by molar-refractivity contribution is 6.33. The van der Waals surface area contributed by atoms with Crippen LogP contribution in [0.2, 0.25) is 5.02 Å². The molecule has 1 aliphatic heterocycles. The van der Waals surface area contributed by atoms with Crippen molar-refractivity contribution in [2.24, 2.45) is 5.92 Å². The van der Waals surface area contributed by atoms with Gasteiger partial charge >= 0.3 is 0 Å². The van der Waals surface area contributed by atoms with Crippen LogP contribution < -0.4 is 5.32 Å². The molecule has 0 saturated carbocycles. The van der Waals surface area contributed by atoms with Gasteiger partial charge in [-0.25, -0.2) is 4.39 Å². The van der Waals surface area contributed by atoms with Crippen molar-refractivity contribution in [3.63, 3.8) is 0 Å². The molecule has 1 atom stereocenters. The molecule has 1 saturated heterocycles. The normalized spacial score (nSPS) is 19.1. The molecule has 5 heteroatoms. The average molecular weight is 313 g/mol. The third-order valence-electron chi connectivity index (χ3n) is 3.78. The van der Waals surface area contributed by atoms with Crippen LogP contribution in [0.4, 0.5) is 4.39 Å². The molecule has 1 aromatic rings. The highest BCUT2D eigenvalue weighted by Crippen LogP contribution is 2.23. The molecule has 2 rings (SSSR count). The van der Waals surface area contributed by atoms with Gasteiger partial charge in [0.15, 0.2) is 0 Å². The number of amides is 1. The Kier molecular flexibility index (Phi) is 5.59. The number of hydrogen-bond donors (Lipinski definition) is 1. The van der Waals surface area contributed by atoms with E-state index in [0.29, 0.717) is 17.5 Å². The first-order valence-corrected chi connectivity index (χ1v) is 7.83. The van der Waals surface area contributed by atoms with E-state index in [0.717, 1.165) is 32.5 Å². The lowest BCUT2D eigenvalue weighted by atomic mass is 9.97. The van der Waals surface area contributed by atoms with Gasteiger partial charge in [-0.3, -0.25) is 4.79 Å². The van der Waals surface area contributed by atoms with Crippen LogP contribution in [-0.4, -0.2) is 36.5 Å². The van der Waals surface area contributed by atoms with Crippen LogP contribution in [0.25, 0.3) is 0 Å². The summed E-state index contributed by atoms with van der Waals surface area (Å²) >= 11 is 5.98. The van der Waals surface area contributed by atoms with Crippen molar-refractivity contribution in [2.45, 2.75) is 32.7 Å². The van der Waals surface area contributed by atoms with Crippen LogP contribution >= 0.6 is 11.6 Å². The summed E-state index contributed by atoms with van der Waals surface area (Å²) in [6.45, 7) is 6.61. The van der Waals surface area contributed by atoms with Crippen LogP contribution in [0.3, 0.4) is 0 Å². The Hall–Kier alpha value is -1.13. The Morgan fingerprint density at radius 2 is 2.29 bits per heavy atom. The molecule has 21 heavy (non-hydrogen) atoms. The van der Waals surface area contributed by atoms with Gasteiger partial charge in [0.05, 0.1) is 10.6 Å². The average Bonchev–Trinajstić information content (AvgIpc) is 2.45. The van der Waals surface area contributed by atoms with Crippen LogP contribution in [0.5, 0.6) is 0 Å². The summed E-state index contributed by atoms with van der Waals surface area (Å²) in [6, 6.07) is 4.38. The van der Waals surface area contributed by atoms with Gasteiger partial charge in [-0.15, -0.1) is 0 Å². The fourth-order valence-electron chi connectivity index (χ4n) is 2.65. The van der Waals surface area contributed by atoms with E-state index in [9.17, 15) is 9.18 Å². The SMILES string of the molecule is CC(C)NCC1CCCN(C(=O)c2ccc(F)cc2Cl)C1. The molecule has 1 amide bonds. The van der Waals surface area contributed by atoms with E-state index in [1.807, 2.05) is 4.90 Å². The largest absolute Gasteiger partial charge is 0.338 e. The summed E-state index contributed by atoms with van der Waals surface area (Å²) < 4.78 is 13.1. The number of likely N-dealkylation sites (tertiary alicyclic amines) is 1. The van der Waals surface area contributed by atoms with Gasteiger partial charge in [0.25, 0.3) is 5.91 Å². The third kappa shape index (κ3) is 4.42. The molecule has 1 aromatic carbocycles. The topological polar surface area (TPSA) is 32.3 Å². The first-order valence-electron chi connectivity index (χ1n) is 7.45. The fourth-order valence-corrected chi connectivity index (χ4v) is 2.90. The van der Waals surface area contributed by atoms with E-state index >= 15 is 0 Å². The molecular formula is C16H22ClFN2O. The van der Waals surface area contributed by atoms with E-state index in [1.165, 1.54) is 18.2 Å². The van der Waals surface area contributed by atoms with Crippen molar-refractivity contribution in [1.82, 2.24) is 10.2 Å². The molecule has 0 aliphatic carbocycles. The number of carbonyl (C=O) groups excluding carboxylic acids is 1. The predicted octanol–water partition coefficient (Wildman–Crippen LogP) is 3.33. The summed E-state index contributed by atoms with van der Waals surface area (Å²) in [7, 11) is 0. The van der Waals surface area contributed by atoms with Gasteiger partial charge in [0.2, 0.25) is 0 Å². The van der Waals surface area contributed by atoms with Crippen LogP contribution in [0, 0.1) is 11.7 Å². The van der Waals surface area contributed by atoms with Gasteiger partial charge < -0.3 is 10.2 Å². The number of halogens is 2. The predicted molar refractivity (Wildman–Crippen MR) is 83.2 cm³/mol. The molecule has 1 fully saturated rings. The van der Waals surface area contributed by atoms with Crippen molar-refractivity contribution in [3.8, 4) is 0 Å². The van der Waals surface area contributed by atoms with Crippen molar-refractivity contribution in [1.29, 1.82) is 0 Å². The molecule has 1 N–H and O–H groups in total. The van der Waals surface area contributed by atoms with Gasteiger partial charge in [-0.2, -0.15) is 0 Å². The maximum atomic E-state index is 13.1. The fraction of sp³-hybridized carbons (Fsp3) is 0.562. The zero-order chi connectivity index (χ0) is 15.4. The van der Waals surface area contributed by atoms with Gasteiger partial charge in [0.1, 0.15) is 5.82 Å². The lowest BCUT2D eigenvalue weighted by molar-refractivity contribution is 0.0672. The third-order valence-corrected chi connectivity index (χ3v) is 4.10. The Balaban J connectivity index is 2.01. The van der Waals surface area contributed by atoms with Gasteiger partial charge in [0, 0.05) is 19.1 Å². The van der Waals surface area contributed by atoms with Crippen LogP contribution in [0.1, 0.15) is 37.0 Å². The lowest BCUT2D eigenvalue weighted by Crippen LogP contribution is -2.43. The molecule has 0 radical (unpaired) electrons. The number of nitrogens with one attached hydrogen (secondary N) is 1. The van der Waals surface area contributed by atoms with Gasteiger partial charge in [-0.05, 0) is 43.5 Å². The minimum Gasteiger partial charge on any atom is -0.338 e. The van der Waals surface area contributed by atoms with Crippen molar-refractivity contribution < 1.29 is 9.18 Å². The maximum absolute atomic E-state index is 13.1. The van der Waals surface area contributed by atoms with Crippen molar-refractivity contribution >= 4 is 17.5 Å². The molecule has 0 bridgehead atoms. The van der Waals surface area contributed by atoms with Crippen LogP contribution in [0.15, 0.2) is 18.2 Å². The Labute approximate surface area is 130 Å². The summed E-state index contributed by atoms with van der Waals surface area (Å²) in [4.78, 5) is 14.3. The maximum Gasteiger partial charge on any atom is 0.255 e. The molecule has 116 valence electrons. The highest BCUT2D eigenvalue weighted by Gasteiger charge is 2.25. The Bertz CT molecular complexity index is 507. The summed E-state index contributed by atoms with van der Waals surface area (Å²) in [5, 5.41) is 3.60. The van der Waals surface area contributed by atoms with E-state index in [-0.39, 0.29) is 10.9 Å². The number of rotatable bonds is 4.